The van der Waals surface area contributed by atoms with Gasteiger partial charge in [0.25, 0.3) is 11.8 Å². The second-order valence-electron chi connectivity index (χ2n) is 7.33. The third-order valence-corrected chi connectivity index (χ3v) is 5.65. The maximum Gasteiger partial charge on any atom is 0.260 e. The first-order valence-corrected chi connectivity index (χ1v) is 9.32. The van der Waals surface area contributed by atoms with E-state index in [1.165, 1.54) is 13.0 Å². The summed E-state index contributed by atoms with van der Waals surface area (Å²) >= 11 is 0. The number of Topliss-reactive ketones (excluding diaryl/α,β-unsaturated/α-hetero) is 1. The molecule has 7 nitrogen and oxygen atoms in total. The van der Waals surface area contributed by atoms with Gasteiger partial charge in [0.2, 0.25) is 5.76 Å². The number of hydrogen-bond acceptors (Lipinski definition) is 6. The largest absolute Gasteiger partial charge is 0.436 e. The molecule has 27 heavy (non-hydrogen) atoms. The Morgan fingerprint density at radius 3 is 2.52 bits per heavy atom. The van der Waals surface area contributed by atoms with Gasteiger partial charge in [-0.15, -0.1) is 0 Å². The van der Waals surface area contributed by atoms with E-state index in [0.717, 1.165) is 25.9 Å². The Balaban J connectivity index is 1.39. The Morgan fingerprint density at radius 1 is 1.22 bits per heavy atom. The number of piperidine rings is 3. The number of ether oxygens (including phenoxy) is 1. The van der Waals surface area contributed by atoms with Gasteiger partial charge in [0.15, 0.2) is 5.78 Å². The van der Waals surface area contributed by atoms with Crippen LogP contribution in [0, 0.1) is 5.92 Å². The van der Waals surface area contributed by atoms with Crippen molar-refractivity contribution in [2.75, 3.05) is 13.1 Å². The number of benzene rings is 1. The lowest BCUT2D eigenvalue weighted by atomic mass is 9.79. The minimum absolute atomic E-state index is 0.0625. The van der Waals surface area contributed by atoms with Crippen LogP contribution in [0.4, 0.5) is 0 Å². The summed E-state index contributed by atoms with van der Waals surface area (Å²) in [6.45, 7) is 5.86. The quantitative estimate of drug-likeness (QED) is 0.816. The molecule has 3 fully saturated rings. The van der Waals surface area contributed by atoms with E-state index in [4.69, 9.17) is 9.26 Å². The zero-order valence-electron chi connectivity index (χ0n) is 15.5. The molecule has 1 N–H and O–H groups in total. The lowest BCUT2D eigenvalue weighted by Gasteiger charge is -2.49. The van der Waals surface area contributed by atoms with Crippen molar-refractivity contribution in [3.8, 4) is 11.6 Å². The first kappa shape index (κ1) is 17.7. The SMILES string of the molecule is CC(=O)c1cc(Oc2ccc(C(=O)N[C@@H]3C4CCN(CC4)[C@H]3C)cc2)no1. The van der Waals surface area contributed by atoms with Gasteiger partial charge in [0.1, 0.15) is 5.75 Å². The molecule has 0 aliphatic carbocycles. The van der Waals surface area contributed by atoms with E-state index in [-0.39, 0.29) is 29.4 Å². The molecule has 3 saturated heterocycles. The van der Waals surface area contributed by atoms with Crippen LogP contribution in [0.25, 0.3) is 0 Å². The molecule has 142 valence electrons. The summed E-state index contributed by atoms with van der Waals surface area (Å²) in [5.41, 5.74) is 0.593. The Kier molecular flexibility index (Phi) is 4.70. The number of hydrogen-bond donors (Lipinski definition) is 1. The number of ketones is 1. The van der Waals surface area contributed by atoms with Crippen LogP contribution in [0.1, 0.15) is 47.6 Å². The fourth-order valence-electron chi connectivity index (χ4n) is 4.05. The topological polar surface area (TPSA) is 84.7 Å². The molecule has 4 heterocycles. The lowest BCUT2D eigenvalue weighted by Crippen LogP contribution is -2.62. The number of carbonyl (C=O) groups is 2. The second kappa shape index (κ2) is 7.15. The Hall–Kier alpha value is -2.67. The van der Waals surface area contributed by atoms with Crippen LogP contribution in [0.5, 0.6) is 11.6 Å². The molecule has 0 radical (unpaired) electrons. The summed E-state index contributed by atoms with van der Waals surface area (Å²) in [6, 6.07) is 8.89. The maximum absolute atomic E-state index is 12.6. The smallest absolute Gasteiger partial charge is 0.260 e. The van der Waals surface area contributed by atoms with Crippen LogP contribution in [-0.2, 0) is 0 Å². The summed E-state index contributed by atoms with van der Waals surface area (Å²) in [7, 11) is 0. The predicted molar refractivity (Wildman–Crippen MR) is 98.0 cm³/mol. The molecule has 3 aliphatic rings. The van der Waals surface area contributed by atoms with Gasteiger partial charge in [-0.1, -0.05) is 0 Å². The van der Waals surface area contributed by atoms with Gasteiger partial charge < -0.3 is 14.6 Å². The molecule has 2 aromatic rings. The van der Waals surface area contributed by atoms with Crippen LogP contribution in [0.3, 0.4) is 0 Å². The second-order valence-corrected chi connectivity index (χ2v) is 7.33. The molecule has 0 saturated carbocycles. The monoisotopic (exact) mass is 369 g/mol. The number of amides is 1. The fourth-order valence-corrected chi connectivity index (χ4v) is 4.05. The van der Waals surface area contributed by atoms with E-state index < -0.39 is 0 Å². The molecule has 0 unspecified atom stereocenters. The standard InChI is InChI=1S/C20H23N3O4/c1-12-19(14-7-9-23(12)10-8-14)21-20(25)15-3-5-16(6-4-15)26-18-11-17(13(2)24)27-22-18/h3-6,11-12,14,19H,7-10H2,1-2H3,(H,21,25)/t12-,19-/m0/s1. The van der Waals surface area contributed by atoms with Crippen molar-refractivity contribution in [2.45, 2.75) is 38.8 Å². The fraction of sp³-hybridized carbons (Fsp3) is 0.450. The molecule has 1 aromatic heterocycles. The van der Waals surface area contributed by atoms with Crippen LogP contribution >= 0.6 is 0 Å². The summed E-state index contributed by atoms with van der Waals surface area (Å²) < 4.78 is 10.4. The highest BCUT2D eigenvalue weighted by molar-refractivity contribution is 5.94. The molecule has 2 atom stereocenters. The van der Waals surface area contributed by atoms with Crippen LogP contribution in [-0.4, -0.2) is 46.9 Å². The number of rotatable bonds is 5. The molecule has 7 heteroatoms. The van der Waals surface area contributed by atoms with E-state index >= 15 is 0 Å². The van der Waals surface area contributed by atoms with E-state index in [9.17, 15) is 9.59 Å². The summed E-state index contributed by atoms with van der Waals surface area (Å²) in [4.78, 5) is 26.3. The predicted octanol–water partition coefficient (Wildman–Crippen LogP) is 2.88. The molecule has 1 aromatic carbocycles. The first-order valence-electron chi connectivity index (χ1n) is 9.32. The average Bonchev–Trinajstić information content (AvgIpc) is 3.14. The summed E-state index contributed by atoms with van der Waals surface area (Å²) in [5, 5.41) is 6.91. The highest BCUT2D eigenvalue weighted by atomic mass is 16.5. The van der Waals surface area contributed by atoms with Crippen molar-refractivity contribution in [3.63, 3.8) is 0 Å². The zero-order chi connectivity index (χ0) is 19.0. The number of aromatic nitrogens is 1. The van der Waals surface area contributed by atoms with E-state index in [1.807, 2.05) is 0 Å². The van der Waals surface area contributed by atoms with Crippen molar-refractivity contribution >= 4 is 11.7 Å². The summed E-state index contributed by atoms with van der Waals surface area (Å²) in [5.74, 6) is 1.16. The minimum Gasteiger partial charge on any atom is -0.436 e. The van der Waals surface area contributed by atoms with E-state index in [2.05, 4.69) is 22.3 Å². The van der Waals surface area contributed by atoms with Crippen molar-refractivity contribution in [1.29, 1.82) is 0 Å². The molecular formula is C20H23N3O4. The highest BCUT2D eigenvalue weighted by Gasteiger charge is 2.40. The molecule has 3 aliphatic heterocycles. The third-order valence-electron chi connectivity index (χ3n) is 5.65. The number of nitrogens with one attached hydrogen (secondary N) is 1. The Bertz CT molecular complexity index is 835. The van der Waals surface area contributed by atoms with Crippen LogP contribution < -0.4 is 10.1 Å². The number of nitrogens with zero attached hydrogens (tertiary/aromatic N) is 2. The molecular weight excluding hydrogens is 346 g/mol. The van der Waals surface area contributed by atoms with Gasteiger partial charge in [-0.05, 0) is 68.2 Å². The van der Waals surface area contributed by atoms with Gasteiger partial charge in [-0.2, -0.15) is 0 Å². The van der Waals surface area contributed by atoms with Crippen molar-refractivity contribution in [1.82, 2.24) is 15.4 Å². The zero-order valence-corrected chi connectivity index (χ0v) is 15.5. The normalized spacial score (nSPS) is 26.6. The van der Waals surface area contributed by atoms with Crippen molar-refractivity contribution in [2.24, 2.45) is 5.92 Å². The van der Waals surface area contributed by atoms with Gasteiger partial charge in [0, 0.05) is 24.6 Å². The Morgan fingerprint density at radius 2 is 1.93 bits per heavy atom. The van der Waals surface area contributed by atoms with Gasteiger partial charge in [-0.25, -0.2) is 0 Å². The minimum atomic E-state index is -0.216. The molecule has 0 spiro atoms. The van der Waals surface area contributed by atoms with Crippen molar-refractivity contribution < 1.29 is 18.8 Å². The van der Waals surface area contributed by atoms with Gasteiger partial charge in [0.05, 0.1) is 6.07 Å². The molecule has 1 amide bonds. The van der Waals surface area contributed by atoms with Gasteiger partial charge in [-0.3, -0.25) is 14.5 Å². The van der Waals surface area contributed by atoms with Gasteiger partial charge >= 0.3 is 0 Å². The van der Waals surface area contributed by atoms with E-state index in [0.29, 0.717) is 23.3 Å². The van der Waals surface area contributed by atoms with Crippen LogP contribution in [0.2, 0.25) is 0 Å². The number of carbonyl (C=O) groups excluding carboxylic acids is 2. The molecule has 2 bridgehead atoms. The highest BCUT2D eigenvalue weighted by Crippen LogP contribution is 2.32. The van der Waals surface area contributed by atoms with Crippen LogP contribution in [0.15, 0.2) is 34.9 Å². The summed E-state index contributed by atoms with van der Waals surface area (Å²) in [6.07, 6.45) is 2.31. The molecule has 5 rings (SSSR count). The first-order chi connectivity index (χ1) is 13.0. The lowest BCUT2D eigenvalue weighted by molar-refractivity contribution is 0.0217. The Labute approximate surface area is 157 Å². The van der Waals surface area contributed by atoms with Crippen molar-refractivity contribution in [3.05, 3.63) is 41.7 Å². The third kappa shape index (κ3) is 3.60. The van der Waals surface area contributed by atoms with E-state index in [1.54, 1.807) is 24.3 Å². The average molecular weight is 369 g/mol. The number of fused-ring (bicyclic) bond motifs is 3. The maximum atomic E-state index is 12.6.